The van der Waals surface area contributed by atoms with Gasteiger partial charge in [-0.3, -0.25) is 9.69 Å². The highest BCUT2D eigenvalue weighted by Gasteiger charge is 2.10. The number of methoxy groups -OCH3 is 2. The zero-order valence-electron chi connectivity index (χ0n) is 14.6. The molecular formula is C19H21N3O3. The summed E-state index contributed by atoms with van der Waals surface area (Å²) in [6.45, 7) is 1.18. The summed E-state index contributed by atoms with van der Waals surface area (Å²) in [6, 6.07) is 13.1. The molecule has 1 aromatic heterocycles. The van der Waals surface area contributed by atoms with Crippen LogP contribution in [0.15, 0.2) is 47.3 Å². The zero-order chi connectivity index (χ0) is 17.8. The van der Waals surface area contributed by atoms with Crippen molar-refractivity contribution in [2.45, 2.75) is 13.1 Å². The van der Waals surface area contributed by atoms with E-state index in [0.29, 0.717) is 29.8 Å². The first kappa shape index (κ1) is 17.0. The number of H-pyrrole nitrogens is 1. The van der Waals surface area contributed by atoms with Crippen LogP contribution in [0.25, 0.3) is 10.9 Å². The summed E-state index contributed by atoms with van der Waals surface area (Å²) >= 11 is 0. The standard InChI is InChI=1S/C19H21N3O3/c1-22(11-13-8-9-14(24-2)10-17(13)25-3)12-18-20-16-7-5-4-6-15(16)19(23)21-18/h4-10H,11-12H2,1-3H3,(H,20,21,23). The Balaban J connectivity index is 1.79. The molecular weight excluding hydrogens is 318 g/mol. The number of nitrogens with zero attached hydrogens (tertiary/aromatic N) is 2. The molecule has 2 aromatic carbocycles. The summed E-state index contributed by atoms with van der Waals surface area (Å²) in [5.41, 5.74) is 1.63. The normalized spacial score (nSPS) is 11.0. The third-order valence-electron chi connectivity index (χ3n) is 4.02. The quantitative estimate of drug-likeness (QED) is 0.748. The molecule has 0 bridgehead atoms. The Hall–Kier alpha value is -2.86. The van der Waals surface area contributed by atoms with Gasteiger partial charge in [-0.2, -0.15) is 0 Å². The van der Waals surface area contributed by atoms with Gasteiger partial charge in [0.05, 0.1) is 31.7 Å². The van der Waals surface area contributed by atoms with Gasteiger partial charge in [0.15, 0.2) is 0 Å². The van der Waals surface area contributed by atoms with Gasteiger partial charge in [0.2, 0.25) is 0 Å². The maximum Gasteiger partial charge on any atom is 0.258 e. The Morgan fingerprint density at radius 2 is 1.88 bits per heavy atom. The second-order valence-corrected chi connectivity index (χ2v) is 5.88. The van der Waals surface area contributed by atoms with Gasteiger partial charge >= 0.3 is 0 Å². The SMILES string of the molecule is COc1ccc(CN(C)Cc2nc3ccccc3c(=O)[nH]2)c(OC)c1. The maximum atomic E-state index is 12.2. The minimum atomic E-state index is -0.115. The largest absolute Gasteiger partial charge is 0.497 e. The molecule has 1 heterocycles. The molecule has 6 nitrogen and oxygen atoms in total. The number of rotatable bonds is 6. The van der Waals surface area contributed by atoms with Gasteiger partial charge in [-0.15, -0.1) is 0 Å². The molecule has 0 saturated heterocycles. The van der Waals surface area contributed by atoms with Gasteiger partial charge in [-0.25, -0.2) is 4.98 Å². The number of nitrogens with one attached hydrogen (secondary N) is 1. The van der Waals surface area contributed by atoms with Crippen molar-refractivity contribution >= 4 is 10.9 Å². The van der Waals surface area contributed by atoms with E-state index in [9.17, 15) is 4.79 Å². The van der Waals surface area contributed by atoms with E-state index >= 15 is 0 Å². The van der Waals surface area contributed by atoms with Crippen molar-refractivity contribution in [3.8, 4) is 11.5 Å². The van der Waals surface area contributed by atoms with Gasteiger partial charge in [-0.05, 0) is 25.2 Å². The first-order valence-corrected chi connectivity index (χ1v) is 7.98. The van der Waals surface area contributed by atoms with Crippen LogP contribution in [0.3, 0.4) is 0 Å². The minimum absolute atomic E-state index is 0.115. The molecule has 3 aromatic rings. The van der Waals surface area contributed by atoms with Crippen molar-refractivity contribution in [1.82, 2.24) is 14.9 Å². The number of hydrogen-bond acceptors (Lipinski definition) is 5. The lowest BCUT2D eigenvalue weighted by Gasteiger charge is -2.18. The molecule has 0 aliphatic rings. The summed E-state index contributed by atoms with van der Waals surface area (Å²) < 4.78 is 10.7. The topological polar surface area (TPSA) is 67.5 Å². The van der Waals surface area contributed by atoms with Crippen LogP contribution >= 0.6 is 0 Å². The number of ether oxygens (including phenoxy) is 2. The number of aromatic nitrogens is 2. The average molecular weight is 339 g/mol. The number of benzene rings is 2. The first-order chi connectivity index (χ1) is 12.1. The molecule has 25 heavy (non-hydrogen) atoms. The van der Waals surface area contributed by atoms with E-state index in [4.69, 9.17) is 9.47 Å². The van der Waals surface area contributed by atoms with Crippen molar-refractivity contribution in [2.75, 3.05) is 21.3 Å². The van der Waals surface area contributed by atoms with E-state index in [0.717, 1.165) is 17.1 Å². The van der Waals surface area contributed by atoms with Crippen LogP contribution in [-0.2, 0) is 13.1 Å². The highest BCUT2D eigenvalue weighted by atomic mass is 16.5. The van der Waals surface area contributed by atoms with Crippen LogP contribution in [0.4, 0.5) is 0 Å². The Labute approximate surface area is 146 Å². The number of para-hydroxylation sites is 1. The van der Waals surface area contributed by atoms with Crippen molar-refractivity contribution in [3.05, 3.63) is 64.2 Å². The summed E-state index contributed by atoms with van der Waals surface area (Å²) in [6.07, 6.45) is 0. The van der Waals surface area contributed by atoms with Gasteiger partial charge in [0.1, 0.15) is 17.3 Å². The van der Waals surface area contributed by atoms with E-state index < -0.39 is 0 Å². The van der Waals surface area contributed by atoms with Gasteiger partial charge < -0.3 is 14.5 Å². The van der Waals surface area contributed by atoms with Crippen LogP contribution in [0, 0.1) is 0 Å². The lowest BCUT2D eigenvalue weighted by molar-refractivity contribution is 0.302. The van der Waals surface area contributed by atoms with E-state index in [1.165, 1.54) is 0 Å². The highest BCUT2D eigenvalue weighted by Crippen LogP contribution is 2.25. The Morgan fingerprint density at radius 3 is 2.64 bits per heavy atom. The van der Waals surface area contributed by atoms with Crippen LogP contribution in [0.5, 0.6) is 11.5 Å². The van der Waals surface area contributed by atoms with Crippen molar-refractivity contribution < 1.29 is 9.47 Å². The molecule has 130 valence electrons. The monoisotopic (exact) mass is 339 g/mol. The molecule has 0 radical (unpaired) electrons. The molecule has 0 aliphatic carbocycles. The van der Waals surface area contributed by atoms with Crippen LogP contribution < -0.4 is 15.0 Å². The van der Waals surface area contributed by atoms with E-state index in [1.54, 1.807) is 20.3 Å². The molecule has 6 heteroatoms. The number of fused-ring (bicyclic) bond motifs is 1. The smallest absolute Gasteiger partial charge is 0.258 e. The first-order valence-electron chi connectivity index (χ1n) is 7.98. The predicted molar refractivity (Wildman–Crippen MR) is 97.1 cm³/mol. The molecule has 3 rings (SSSR count). The van der Waals surface area contributed by atoms with E-state index in [2.05, 4.69) is 14.9 Å². The molecule has 0 fully saturated rings. The summed E-state index contributed by atoms with van der Waals surface area (Å²) in [5.74, 6) is 2.16. The van der Waals surface area contributed by atoms with Crippen molar-refractivity contribution in [3.63, 3.8) is 0 Å². The molecule has 0 saturated carbocycles. The fraction of sp³-hybridized carbons (Fsp3) is 0.263. The van der Waals surface area contributed by atoms with Crippen molar-refractivity contribution in [2.24, 2.45) is 0 Å². The fourth-order valence-electron chi connectivity index (χ4n) is 2.79. The maximum absolute atomic E-state index is 12.2. The van der Waals surface area contributed by atoms with Crippen molar-refractivity contribution in [1.29, 1.82) is 0 Å². The lowest BCUT2D eigenvalue weighted by atomic mass is 10.1. The fourth-order valence-corrected chi connectivity index (χ4v) is 2.79. The second-order valence-electron chi connectivity index (χ2n) is 5.88. The molecule has 0 atom stereocenters. The third kappa shape index (κ3) is 3.80. The molecule has 1 N–H and O–H groups in total. The zero-order valence-corrected chi connectivity index (χ0v) is 14.6. The number of aromatic amines is 1. The second kappa shape index (κ2) is 7.36. The molecule has 0 aliphatic heterocycles. The molecule has 0 amide bonds. The third-order valence-corrected chi connectivity index (χ3v) is 4.02. The number of hydrogen-bond donors (Lipinski definition) is 1. The minimum Gasteiger partial charge on any atom is -0.497 e. The average Bonchev–Trinajstić information content (AvgIpc) is 2.62. The highest BCUT2D eigenvalue weighted by molar-refractivity contribution is 5.77. The lowest BCUT2D eigenvalue weighted by Crippen LogP contribution is -2.22. The summed E-state index contributed by atoms with van der Waals surface area (Å²) in [7, 11) is 5.24. The molecule has 0 spiro atoms. The van der Waals surface area contributed by atoms with Crippen LogP contribution in [0.1, 0.15) is 11.4 Å². The Kier molecular flexibility index (Phi) is 5.00. The van der Waals surface area contributed by atoms with Gasteiger partial charge in [-0.1, -0.05) is 18.2 Å². The summed E-state index contributed by atoms with van der Waals surface area (Å²) in [5, 5.41) is 0.603. The van der Waals surface area contributed by atoms with E-state index in [-0.39, 0.29) is 5.56 Å². The Morgan fingerprint density at radius 1 is 1.08 bits per heavy atom. The van der Waals surface area contributed by atoms with Gasteiger partial charge in [0, 0.05) is 18.2 Å². The predicted octanol–water partition coefficient (Wildman–Crippen LogP) is 2.57. The van der Waals surface area contributed by atoms with E-state index in [1.807, 2.05) is 43.4 Å². The summed E-state index contributed by atoms with van der Waals surface area (Å²) in [4.78, 5) is 21.6. The Bertz CT molecular complexity index is 937. The van der Waals surface area contributed by atoms with Gasteiger partial charge in [0.25, 0.3) is 5.56 Å². The van der Waals surface area contributed by atoms with Crippen LogP contribution in [-0.4, -0.2) is 36.1 Å². The molecule has 0 unspecified atom stereocenters. The van der Waals surface area contributed by atoms with Crippen LogP contribution in [0.2, 0.25) is 0 Å².